The van der Waals surface area contributed by atoms with Crippen molar-refractivity contribution < 1.29 is 18.0 Å². The number of alkyl halides is 4. The molecule has 1 N–H and O–H groups in total. The zero-order valence-electron chi connectivity index (χ0n) is 10.6. The third-order valence-corrected chi connectivity index (χ3v) is 3.93. The van der Waals surface area contributed by atoms with E-state index in [-0.39, 0.29) is 11.1 Å². The molecule has 0 aromatic carbocycles. The van der Waals surface area contributed by atoms with Gasteiger partial charge in [0.25, 0.3) is 5.91 Å². The lowest BCUT2D eigenvalue weighted by atomic mass is 10.0. The van der Waals surface area contributed by atoms with Gasteiger partial charge in [-0.05, 0) is 36.8 Å². The predicted octanol–water partition coefficient (Wildman–Crippen LogP) is 3.40. The third kappa shape index (κ3) is 3.71. The largest absolute Gasteiger partial charge is 0.417 e. The van der Waals surface area contributed by atoms with E-state index >= 15 is 0 Å². The molecular formula is C13H14BrF3N2O. The zero-order chi connectivity index (χ0) is 14.8. The maximum absolute atomic E-state index is 12.4. The second-order valence-corrected chi connectivity index (χ2v) is 5.84. The molecule has 0 spiro atoms. The van der Waals surface area contributed by atoms with E-state index in [1.54, 1.807) is 0 Å². The van der Waals surface area contributed by atoms with Crippen LogP contribution in [0.1, 0.15) is 35.3 Å². The highest BCUT2D eigenvalue weighted by atomic mass is 79.9. The molecule has 1 saturated carbocycles. The van der Waals surface area contributed by atoms with Gasteiger partial charge in [0.05, 0.1) is 5.56 Å². The van der Waals surface area contributed by atoms with Gasteiger partial charge >= 0.3 is 6.18 Å². The molecule has 1 aliphatic carbocycles. The van der Waals surface area contributed by atoms with Crippen LogP contribution in [0.2, 0.25) is 0 Å². The minimum absolute atomic E-state index is 0.00708. The first-order chi connectivity index (χ1) is 9.36. The first kappa shape index (κ1) is 15.3. The van der Waals surface area contributed by atoms with Crippen molar-refractivity contribution in [3.63, 3.8) is 0 Å². The highest BCUT2D eigenvalue weighted by Crippen LogP contribution is 2.48. The number of nitrogens with zero attached hydrogens (tertiary/aromatic N) is 1. The molecule has 110 valence electrons. The topological polar surface area (TPSA) is 42.0 Å². The molecule has 20 heavy (non-hydrogen) atoms. The number of aromatic nitrogens is 1. The van der Waals surface area contributed by atoms with E-state index in [9.17, 15) is 18.0 Å². The summed E-state index contributed by atoms with van der Waals surface area (Å²) in [5.74, 6) is -0.431. The summed E-state index contributed by atoms with van der Waals surface area (Å²) >= 11 is 3.37. The molecule has 0 atom stereocenters. The third-order valence-electron chi connectivity index (χ3n) is 3.53. The van der Waals surface area contributed by atoms with Crippen molar-refractivity contribution >= 4 is 21.8 Å². The number of carbonyl (C=O) groups excluding carboxylic acids is 1. The molecular weight excluding hydrogens is 337 g/mol. The van der Waals surface area contributed by atoms with Gasteiger partial charge < -0.3 is 5.32 Å². The lowest BCUT2D eigenvalue weighted by Crippen LogP contribution is -2.31. The van der Waals surface area contributed by atoms with Gasteiger partial charge in [-0.15, -0.1) is 0 Å². The highest BCUT2D eigenvalue weighted by molar-refractivity contribution is 9.09. The normalized spacial score (nSPS) is 16.8. The average Bonchev–Trinajstić information content (AvgIpc) is 3.16. The molecule has 1 aromatic rings. The van der Waals surface area contributed by atoms with Crippen LogP contribution in [0.3, 0.4) is 0 Å². The minimum atomic E-state index is -4.43. The van der Waals surface area contributed by atoms with E-state index in [4.69, 9.17) is 0 Å². The number of halogens is 4. The summed E-state index contributed by atoms with van der Waals surface area (Å²) in [5, 5.41) is 3.62. The Kier molecular flexibility index (Phi) is 4.36. The van der Waals surface area contributed by atoms with Gasteiger partial charge in [0.1, 0.15) is 5.69 Å². The number of rotatable bonds is 5. The Bertz CT molecular complexity index is 483. The molecule has 1 amide bonds. The molecule has 0 unspecified atom stereocenters. The Balaban J connectivity index is 1.93. The fourth-order valence-corrected chi connectivity index (χ4v) is 2.79. The van der Waals surface area contributed by atoms with Crippen molar-refractivity contribution in [3.05, 3.63) is 29.6 Å². The maximum atomic E-state index is 12.4. The zero-order valence-corrected chi connectivity index (χ0v) is 12.2. The van der Waals surface area contributed by atoms with Gasteiger partial charge in [0.2, 0.25) is 0 Å². The van der Waals surface area contributed by atoms with E-state index in [2.05, 4.69) is 26.2 Å². The molecule has 0 aliphatic heterocycles. The molecule has 2 rings (SSSR count). The lowest BCUT2D eigenvalue weighted by Gasteiger charge is -2.14. The molecule has 1 aliphatic rings. The summed E-state index contributed by atoms with van der Waals surface area (Å²) in [4.78, 5) is 15.4. The summed E-state index contributed by atoms with van der Waals surface area (Å²) in [6.07, 6.45) is -0.636. The second-order valence-electron chi connectivity index (χ2n) is 5.05. The Labute approximate surface area is 123 Å². The van der Waals surface area contributed by atoms with Crippen LogP contribution in [0.4, 0.5) is 13.2 Å². The summed E-state index contributed by atoms with van der Waals surface area (Å²) in [7, 11) is 0. The van der Waals surface area contributed by atoms with Gasteiger partial charge in [-0.3, -0.25) is 9.78 Å². The van der Waals surface area contributed by atoms with Gasteiger partial charge in [0, 0.05) is 18.1 Å². The number of pyridine rings is 1. The van der Waals surface area contributed by atoms with E-state index in [0.29, 0.717) is 12.7 Å². The Morgan fingerprint density at radius 3 is 2.55 bits per heavy atom. The van der Waals surface area contributed by atoms with Crippen LogP contribution in [0.5, 0.6) is 0 Å². The Morgan fingerprint density at radius 2 is 2.10 bits per heavy atom. The van der Waals surface area contributed by atoms with E-state index < -0.39 is 17.6 Å². The monoisotopic (exact) mass is 350 g/mol. The summed E-state index contributed by atoms with van der Waals surface area (Å²) in [6.45, 7) is 0.542. The van der Waals surface area contributed by atoms with Crippen molar-refractivity contribution in [2.75, 3.05) is 11.9 Å². The molecule has 7 heteroatoms. The maximum Gasteiger partial charge on any atom is 0.417 e. The van der Waals surface area contributed by atoms with E-state index in [1.165, 1.54) is 0 Å². The first-order valence-electron chi connectivity index (χ1n) is 6.24. The van der Waals surface area contributed by atoms with Crippen molar-refractivity contribution in [2.45, 2.75) is 25.4 Å². The fraction of sp³-hybridized carbons (Fsp3) is 0.538. The lowest BCUT2D eigenvalue weighted by molar-refractivity contribution is -0.137. The van der Waals surface area contributed by atoms with Crippen LogP contribution < -0.4 is 5.32 Å². The van der Waals surface area contributed by atoms with E-state index in [1.807, 2.05) is 0 Å². The molecule has 0 saturated heterocycles. The standard InChI is InChI=1S/C13H14BrF3N2O/c14-6-5-12(3-4-12)8-19-11(20)10-2-1-9(7-18-10)13(15,16)17/h1-2,7H,3-6,8H2,(H,19,20). The first-order valence-corrected chi connectivity index (χ1v) is 7.36. The Morgan fingerprint density at radius 1 is 1.40 bits per heavy atom. The van der Waals surface area contributed by atoms with Gasteiger partial charge in [-0.25, -0.2) is 0 Å². The Hall–Kier alpha value is -1.11. The number of carbonyl (C=O) groups is 1. The molecule has 0 bridgehead atoms. The quantitative estimate of drug-likeness (QED) is 0.827. The second kappa shape index (κ2) is 5.71. The van der Waals surface area contributed by atoms with Crippen LogP contribution in [-0.2, 0) is 6.18 Å². The van der Waals surface area contributed by atoms with Crippen molar-refractivity contribution in [3.8, 4) is 0 Å². The van der Waals surface area contributed by atoms with Crippen LogP contribution >= 0.6 is 15.9 Å². The van der Waals surface area contributed by atoms with Crippen LogP contribution in [0, 0.1) is 5.41 Å². The SMILES string of the molecule is O=C(NCC1(CCBr)CC1)c1ccc(C(F)(F)F)cn1. The van der Waals surface area contributed by atoms with Gasteiger partial charge in [-0.2, -0.15) is 13.2 Å². The highest BCUT2D eigenvalue weighted by Gasteiger charge is 2.41. The van der Waals surface area contributed by atoms with E-state index in [0.717, 1.165) is 36.7 Å². The van der Waals surface area contributed by atoms with Crippen LogP contribution in [-0.4, -0.2) is 22.8 Å². The summed E-state index contributed by atoms with van der Waals surface area (Å²) in [6, 6.07) is 1.97. The van der Waals surface area contributed by atoms with Crippen LogP contribution in [0.15, 0.2) is 18.3 Å². The van der Waals surface area contributed by atoms with Gasteiger partial charge in [-0.1, -0.05) is 15.9 Å². The molecule has 1 heterocycles. The molecule has 1 fully saturated rings. The summed E-state index contributed by atoms with van der Waals surface area (Å²) in [5.41, 5.74) is -0.690. The number of amides is 1. The number of hydrogen-bond donors (Lipinski definition) is 1. The van der Waals surface area contributed by atoms with Crippen LogP contribution in [0.25, 0.3) is 0 Å². The smallest absolute Gasteiger partial charge is 0.350 e. The van der Waals surface area contributed by atoms with Crippen molar-refractivity contribution in [1.82, 2.24) is 10.3 Å². The number of hydrogen-bond acceptors (Lipinski definition) is 2. The van der Waals surface area contributed by atoms with Gasteiger partial charge in [0.15, 0.2) is 0 Å². The fourth-order valence-electron chi connectivity index (χ4n) is 1.95. The van der Waals surface area contributed by atoms with Crippen molar-refractivity contribution in [1.29, 1.82) is 0 Å². The van der Waals surface area contributed by atoms with Crippen molar-refractivity contribution in [2.24, 2.45) is 5.41 Å². The minimum Gasteiger partial charge on any atom is -0.350 e. The number of nitrogens with one attached hydrogen (secondary N) is 1. The average molecular weight is 351 g/mol. The summed E-state index contributed by atoms with van der Waals surface area (Å²) < 4.78 is 37.1. The predicted molar refractivity (Wildman–Crippen MR) is 71.7 cm³/mol. The molecule has 0 radical (unpaired) electrons. The molecule has 1 aromatic heterocycles. The molecule has 3 nitrogen and oxygen atoms in total.